The molecule has 17 heavy (non-hydrogen) atoms. The lowest BCUT2D eigenvalue weighted by molar-refractivity contribution is -0.306. The average molecular weight is 249 g/mol. The van der Waals surface area contributed by atoms with Crippen LogP contribution in [0, 0.1) is 0 Å². The van der Waals surface area contributed by atoms with Crippen LogP contribution in [0.4, 0.5) is 0 Å². The number of ether oxygens (including phenoxy) is 1. The van der Waals surface area contributed by atoms with Gasteiger partial charge < -0.3 is 30.5 Å². The van der Waals surface area contributed by atoms with Crippen LogP contribution in [-0.2, 0) is 4.74 Å². The molecule has 0 amide bonds. The summed E-state index contributed by atoms with van der Waals surface area (Å²) in [7, 11) is 0. The third kappa shape index (κ3) is 4.17. The molecule has 5 N–H and O–H groups in total. The second-order valence-corrected chi connectivity index (χ2v) is 4.55. The Kier molecular flexibility index (Phi) is 5.78. The van der Waals surface area contributed by atoms with Crippen LogP contribution in [0.25, 0.3) is 0 Å². The number of nitrogens with one attached hydrogen (secondary N) is 1. The molecule has 0 aromatic rings. The van der Waals surface area contributed by atoms with E-state index < -0.39 is 30.7 Å². The summed E-state index contributed by atoms with van der Waals surface area (Å²) in [6, 6.07) is 0. The van der Waals surface area contributed by atoms with Crippen LogP contribution in [0.15, 0.2) is 0 Å². The lowest BCUT2D eigenvalue weighted by Gasteiger charge is -2.42. The van der Waals surface area contributed by atoms with Crippen LogP contribution in [0.1, 0.15) is 26.2 Å². The smallest absolute Gasteiger partial charge is 0.169 e. The molecule has 6 heteroatoms. The van der Waals surface area contributed by atoms with E-state index in [9.17, 15) is 15.3 Å². The molecule has 0 saturated carbocycles. The predicted octanol–water partition coefficient (Wildman–Crippen LogP) is -1.43. The second-order valence-electron chi connectivity index (χ2n) is 4.55. The van der Waals surface area contributed by atoms with Crippen molar-refractivity contribution in [1.29, 1.82) is 0 Å². The maximum absolute atomic E-state index is 10.1. The van der Waals surface area contributed by atoms with Crippen LogP contribution in [0.5, 0.6) is 0 Å². The summed E-state index contributed by atoms with van der Waals surface area (Å²) in [4.78, 5) is 0. The third-order valence-corrected chi connectivity index (χ3v) is 2.97. The van der Waals surface area contributed by atoms with Crippen molar-refractivity contribution in [2.45, 2.75) is 50.3 Å². The van der Waals surface area contributed by atoms with Crippen LogP contribution in [-0.4, -0.2) is 64.2 Å². The zero-order chi connectivity index (χ0) is 12.9. The van der Waals surface area contributed by atoms with Crippen molar-refractivity contribution in [2.24, 2.45) is 0 Å². The highest BCUT2D eigenvalue weighted by Gasteiger charge is 2.44. The van der Waals surface area contributed by atoms with E-state index in [1.54, 1.807) is 0 Å². The van der Waals surface area contributed by atoms with Gasteiger partial charge in [0.25, 0.3) is 0 Å². The molecular weight excluding hydrogens is 226 g/mol. The Hall–Kier alpha value is -0.240. The highest BCUT2D eigenvalue weighted by Crippen LogP contribution is 2.29. The fraction of sp³-hybridized carbons (Fsp3) is 1.00. The van der Waals surface area contributed by atoms with Gasteiger partial charge in [0.05, 0.1) is 12.7 Å². The minimum absolute atomic E-state index is 0.0432. The molecule has 1 aliphatic heterocycles. The van der Waals surface area contributed by atoms with E-state index in [0.717, 1.165) is 13.0 Å². The lowest BCUT2D eigenvalue weighted by atomic mass is 9.94. The van der Waals surface area contributed by atoms with Gasteiger partial charge in [0, 0.05) is 19.4 Å². The van der Waals surface area contributed by atoms with Gasteiger partial charge in [-0.2, -0.15) is 0 Å². The highest BCUT2D eigenvalue weighted by atomic mass is 16.6. The summed E-state index contributed by atoms with van der Waals surface area (Å²) in [6.07, 6.45) is -1.89. The zero-order valence-corrected chi connectivity index (χ0v) is 10.2. The molecule has 102 valence electrons. The van der Waals surface area contributed by atoms with Crippen LogP contribution in [0.3, 0.4) is 0 Å². The van der Waals surface area contributed by atoms with Gasteiger partial charge in [-0.1, -0.05) is 6.92 Å². The van der Waals surface area contributed by atoms with E-state index in [2.05, 4.69) is 5.32 Å². The van der Waals surface area contributed by atoms with Crippen molar-refractivity contribution in [3.05, 3.63) is 0 Å². The van der Waals surface area contributed by atoms with Crippen molar-refractivity contribution in [3.63, 3.8) is 0 Å². The summed E-state index contributed by atoms with van der Waals surface area (Å²) in [5.74, 6) is -1.48. The summed E-state index contributed by atoms with van der Waals surface area (Å²) in [5, 5.41) is 41.3. The summed E-state index contributed by atoms with van der Waals surface area (Å²) < 4.78 is 5.24. The molecular formula is C11H23NO5. The first-order valence-corrected chi connectivity index (χ1v) is 6.10. The van der Waals surface area contributed by atoms with Crippen molar-refractivity contribution in [3.8, 4) is 0 Å². The van der Waals surface area contributed by atoms with Crippen molar-refractivity contribution < 1.29 is 25.2 Å². The Labute approximate surface area is 101 Å². The highest BCUT2D eigenvalue weighted by molar-refractivity contribution is 4.89. The van der Waals surface area contributed by atoms with Gasteiger partial charge >= 0.3 is 0 Å². The van der Waals surface area contributed by atoms with Gasteiger partial charge in [-0.25, -0.2) is 0 Å². The molecule has 1 rings (SSSR count). The van der Waals surface area contributed by atoms with Gasteiger partial charge in [0.1, 0.15) is 12.2 Å². The monoisotopic (exact) mass is 249 g/mol. The van der Waals surface area contributed by atoms with E-state index in [0.29, 0.717) is 13.0 Å². The Morgan fingerprint density at radius 2 is 2.06 bits per heavy atom. The van der Waals surface area contributed by atoms with E-state index in [1.807, 2.05) is 6.92 Å². The molecule has 0 aromatic carbocycles. The van der Waals surface area contributed by atoms with Gasteiger partial charge in [-0.15, -0.1) is 0 Å². The molecule has 4 atom stereocenters. The third-order valence-electron chi connectivity index (χ3n) is 2.97. The Bertz CT molecular complexity index is 228. The van der Waals surface area contributed by atoms with Gasteiger partial charge in [0.2, 0.25) is 0 Å². The predicted molar refractivity (Wildman–Crippen MR) is 61.3 cm³/mol. The maximum atomic E-state index is 10.1. The van der Waals surface area contributed by atoms with Gasteiger partial charge in [0.15, 0.2) is 5.79 Å². The first kappa shape index (κ1) is 14.8. The minimum atomic E-state index is -1.48. The van der Waals surface area contributed by atoms with Crippen LogP contribution >= 0.6 is 0 Å². The molecule has 1 saturated heterocycles. The average Bonchev–Trinajstić information content (AvgIpc) is 2.30. The van der Waals surface area contributed by atoms with Crippen molar-refractivity contribution >= 4 is 0 Å². The Morgan fingerprint density at radius 3 is 2.65 bits per heavy atom. The fourth-order valence-corrected chi connectivity index (χ4v) is 1.99. The molecule has 0 bridgehead atoms. The topological polar surface area (TPSA) is 102 Å². The summed E-state index contributed by atoms with van der Waals surface area (Å²) in [5.41, 5.74) is 0. The first-order chi connectivity index (χ1) is 8.02. The quantitative estimate of drug-likeness (QED) is 0.370. The van der Waals surface area contributed by atoms with Gasteiger partial charge in [-0.05, 0) is 13.0 Å². The first-order valence-electron chi connectivity index (χ1n) is 6.10. The lowest BCUT2D eigenvalue weighted by Crippen LogP contribution is -2.56. The molecule has 6 nitrogen and oxygen atoms in total. The van der Waals surface area contributed by atoms with Crippen LogP contribution < -0.4 is 5.32 Å². The SMILES string of the molecule is CCCNCCC1(O)CC(O)C(O)[C@@H](CO)O1. The number of hydrogen-bond donors (Lipinski definition) is 5. The molecule has 3 unspecified atom stereocenters. The van der Waals surface area contributed by atoms with E-state index >= 15 is 0 Å². The van der Waals surface area contributed by atoms with E-state index in [-0.39, 0.29) is 6.42 Å². The molecule has 0 spiro atoms. The van der Waals surface area contributed by atoms with E-state index in [1.165, 1.54) is 0 Å². The Balaban J connectivity index is 2.45. The number of rotatable bonds is 6. The molecule has 1 heterocycles. The second kappa shape index (κ2) is 6.63. The Morgan fingerprint density at radius 1 is 1.35 bits per heavy atom. The molecule has 0 aliphatic carbocycles. The molecule has 0 aromatic heterocycles. The largest absolute Gasteiger partial charge is 0.394 e. The fourth-order valence-electron chi connectivity index (χ4n) is 1.99. The van der Waals surface area contributed by atoms with Crippen molar-refractivity contribution in [1.82, 2.24) is 5.32 Å². The normalized spacial score (nSPS) is 38.3. The molecule has 1 fully saturated rings. The summed E-state index contributed by atoms with van der Waals surface area (Å²) >= 11 is 0. The molecule has 1 aliphatic rings. The minimum Gasteiger partial charge on any atom is -0.394 e. The summed E-state index contributed by atoms with van der Waals surface area (Å²) in [6.45, 7) is 3.03. The molecule has 0 radical (unpaired) electrons. The number of aliphatic hydroxyl groups excluding tert-OH is 3. The number of aliphatic hydroxyl groups is 4. The van der Waals surface area contributed by atoms with E-state index in [4.69, 9.17) is 9.84 Å². The maximum Gasteiger partial charge on any atom is 0.169 e. The van der Waals surface area contributed by atoms with Crippen molar-refractivity contribution in [2.75, 3.05) is 19.7 Å². The van der Waals surface area contributed by atoms with Crippen LogP contribution in [0.2, 0.25) is 0 Å². The van der Waals surface area contributed by atoms with Gasteiger partial charge in [-0.3, -0.25) is 0 Å². The number of hydrogen-bond acceptors (Lipinski definition) is 6. The zero-order valence-electron chi connectivity index (χ0n) is 10.2. The standard InChI is InChI=1S/C11H23NO5/c1-2-4-12-5-3-11(16)6-8(14)10(15)9(7-13)17-11/h8-10,12-16H,2-7H2,1H3/t8?,9-,10?,11?/m1/s1.